The zero-order valence-corrected chi connectivity index (χ0v) is 11.6. The smallest absolute Gasteiger partial charge is 0.323 e. The van der Waals surface area contributed by atoms with Crippen molar-refractivity contribution in [3.8, 4) is 0 Å². The number of ether oxygens (including phenoxy) is 2. The molecule has 0 saturated heterocycles. The average Bonchev–Trinajstić information content (AvgIpc) is 2.35. The fourth-order valence-electron chi connectivity index (χ4n) is 1.56. The monoisotopic (exact) mass is 262 g/mol. The average molecular weight is 262 g/mol. The molecule has 0 aliphatic carbocycles. The second-order valence-corrected chi connectivity index (χ2v) is 4.61. The van der Waals surface area contributed by atoms with Crippen LogP contribution >= 0.6 is 0 Å². The second kappa shape index (κ2) is 8.06. The predicted molar refractivity (Wildman–Crippen MR) is 65.7 cm³/mol. The first-order valence-corrected chi connectivity index (χ1v) is 6.35. The molecule has 0 fully saturated rings. The SMILES string of the molecule is CCC(CC)(C(=O)OCCF)C(=O)OCC(C)C. The number of hydrogen-bond acceptors (Lipinski definition) is 4. The van der Waals surface area contributed by atoms with E-state index in [0.717, 1.165) is 0 Å². The van der Waals surface area contributed by atoms with Crippen molar-refractivity contribution in [3.63, 3.8) is 0 Å². The maximum absolute atomic E-state index is 12.0. The molecule has 0 heterocycles. The standard InChI is InChI=1S/C13H23FO4/c1-5-13(6-2,11(15)17-8-7-14)12(16)18-9-10(3)4/h10H,5-9H2,1-4H3. The van der Waals surface area contributed by atoms with Crippen LogP contribution in [-0.4, -0.2) is 31.8 Å². The van der Waals surface area contributed by atoms with Gasteiger partial charge < -0.3 is 9.47 Å². The van der Waals surface area contributed by atoms with Crippen LogP contribution in [0.5, 0.6) is 0 Å². The van der Waals surface area contributed by atoms with E-state index in [0.29, 0.717) is 0 Å². The molecular weight excluding hydrogens is 239 g/mol. The van der Waals surface area contributed by atoms with Gasteiger partial charge in [0.05, 0.1) is 6.61 Å². The van der Waals surface area contributed by atoms with Crippen molar-refractivity contribution in [2.24, 2.45) is 11.3 Å². The summed E-state index contributed by atoms with van der Waals surface area (Å²) >= 11 is 0. The van der Waals surface area contributed by atoms with E-state index in [1.165, 1.54) is 0 Å². The lowest BCUT2D eigenvalue weighted by Gasteiger charge is -2.27. The van der Waals surface area contributed by atoms with Crippen LogP contribution in [0.1, 0.15) is 40.5 Å². The highest BCUT2D eigenvalue weighted by Crippen LogP contribution is 2.30. The number of alkyl halides is 1. The van der Waals surface area contributed by atoms with Crippen molar-refractivity contribution in [2.75, 3.05) is 19.9 Å². The summed E-state index contributed by atoms with van der Waals surface area (Å²) in [7, 11) is 0. The van der Waals surface area contributed by atoms with Crippen LogP contribution in [0, 0.1) is 11.3 Å². The number of rotatable bonds is 8. The Hall–Kier alpha value is -1.13. The third kappa shape index (κ3) is 4.27. The molecule has 4 nitrogen and oxygen atoms in total. The van der Waals surface area contributed by atoms with Gasteiger partial charge in [-0.1, -0.05) is 27.7 Å². The third-order valence-electron chi connectivity index (χ3n) is 2.85. The Kier molecular flexibility index (Phi) is 7.55. The zero-order valence-electron chi connectivity index (χ0n) is 11.6. The van der Waals surface area contributed by atoms with Gasteiger partial charge in [0.25, 0.3) is 0 Å². The molecule has 0 rings (SSSR count). The lowest BCUT2D eigenvalue weighted by Crippen LogP contribution is -2.41. The van der Waals surface area contributed by atoms with E-state index in [2.05, 4.69) is 0 Å². The van der Waals surface area contributed by atoms with Crippen molar-refractivity contribution < 1.29 is 23.5 Å². The Balaban J connectivity index is 4.78. The highest BCUT2D eigenvalue weighted by molar-refractivity contribution is 5.99. The molecule has 0 spiro atoms. The van der Waals surface area contributed by atoms with Gasteiger partial charge in [-0.15, -0.1) is 0 Å². The van der Waals surface area contributed by atoms with Gasteiger partial charge in [0.2, 0.25) is 0 Å². The summed E-state index contributed by atoms with van der Waals surface area (Å²) in [4.78, 5) is 23.9. The highest BCUT2D eigenvalue weighted by atomic mass is 19.1. The van der Waals surface area contributed by atoms with Crippen LogP contribution in [0.15, 0.2) is 0 Å². The summed E-state index contributed by atoms with van der Waals surface area (Å²) in [5.41, 5.74) is -1.30. The molecule has 0 aromatic heterocycles. The first kappa shape index (κ1) is 16.9. The van der Waals surface area contributed by atoms with Gasteiger partial charge in [-0.25, -0.2) is 4.39 Å². The van der Waals surface area contributed by atoms with Crippen LogP contribution in [0.3, 0.4) is 0 Å². The minimum Gasteiger partial charge on any atom is -0.465 e. The predicted octanol–water partition coefficient (Wildman–Crippen LogP) is 2.50. The maximum Gasteiger partial charge on any atom is 0.323 e. The van der Waals surface area contributed by atoms with Crippen molar-refractivity contribution in [1.82, 2.24) is 0 Å². The van der Waals surface area contributed by atoms with Gasteiger partial charge in [0, 0.05) is 0 Å². The van der Waals surface area contributed by atoms with Gasteiger partial charge in [-0.05, 0) is 18.8 Å². The second-order valence-electron chi connectivity index (χ2n) is 4.61. The van der Waals surface area contributed by atoms with Crippen molar-refractivity contribution >= 4 is 11.9 Å². The van der Waals surface area contributed by atoms with Gasteiger partial charge in [-0.2, -0.15) is 0 Å². The van der Waals surface area contributed by atoms with Gasteiger partial charge in [0.15, 0.2) is 5.41 Å². The van der Waals surface area contributed by atoms with Crippen LogP contribution in [-0.2, 0) is 19.1 Å². The van der Waals surface area contributed by atoms with Crippen molar-refractivity contribution in [2.45, 2.75) is 40.5 Å². The Bertz CT molecular complexity index is 272. The van der Waals surface area contributed by atoms with E-state index in [9.17, 15) is 14.0 Å². The molecule has 0 N–H and O–H groups in total. The van der Waals surface area contributed by atoms with Crippen LogP contribution in [0.2, 0.25) is 0 Å². The van der Waals surface area contributed by atoms with Crippen molar-refractivity contribution in [3.05, 3.63) is 0 Å². The molecule has 0 aromatic rings. The first-order valence-electron chi connectivity index (χ1n) is 6.35. The number of hydrogen-bond donors (Lipinski definition) is 0. The van der Waals surface area contributed by atoms with Gasteiger partial charge in [0.1, 0.15) is 13.3 Å². The molecule has 18 heavy (non-hydrogen) atoms. The summed E-state index contributed by atoms with van der Waals surface area (Å²) in [5.74, 6) is -1.08. The fourth-order valence-corrected chi connectivity index (χ4v) is 1.56. The van der Waals surface area contributed by atoms with E-state index in [1.807, 2.05) is 13.8 Å². The maximum atomic E-state index is 12.0. The van der Waals surface area contributed by atoms with Crippen LogP contribution in [0.25, 0.3) is 0 Å². The number of halogens is 1. The quantitative estimate of drug-likeness (QED) is 0.498. The van der Waals surface area contributed by atoms with Gasteiger partial charge in [-0.3, -0.25) is 9.59 Å². The Morgan fingerprint density at radius 2 is 1.61 bits per heavy atom. The summed E-state index contributed by atoms with van der Waals surface area (Å²) in [6.45, 7) is 6.45. The van der Waals surface area contributed by atoms with Crippen LogP contribution < -0.4 is 0 Å². The van der Waals surface area contributed by atoms with E-state index in [-0.39, 0.29) is 32.0 Å². The molecule has 0 aliphatic heterocycles. The van der Waals surface area contributed by atoms with E-state index < -0.39 is 24.0 Å². The molecular formula is C13H23FO4. The zero-order chi connectivity index (χ0) is 14.2. The van der Waals surface area contributed by atoms with Crippen LogP contribution in [0.4, 0.5) is 4.39 Å². The first-order chi connectivity index (χ1) is 8.44. The Morgan fingerprint density at radius 3 is 2.00 bits per heavy atom. The largest absolute Gasteiger partial charge is 0.465 e. The molecule has 0 atom stereocenters. The normalized spacial score (nSPS) is 11.4. The van der Waals surface area contributed by atoms with E-state index in [1.54, 1.807) is 13.8 Å². The molecule has 0 unspecified atom stereocenters. The number of esters is 2. The molecule has 0 saturated carbocycles. The number of carbonyl (C=O) groups is 2. The third-order valence-corrected chi connectivity index (χ3v) is 2.85. The lowest BCUT2D eigenvalue weighted by molar-refractivity contribution is -0.174. The van der Waals surface area contributed by atoms with E-state index >= 15 is 0 Å². The summed E-state index contributed by atoms with van der Waals surface area (Å²) < 4.78 is 21.9. The van der Waals surface area contributed by atoms with E-state index in [4.69, 9.17) is 9.47 Å². The Labute approximate surface area is 108 Å². The molecule has 0 aliphatic rings. The summed E-state index contributed by atoms with van der Waals surface area (Å²) in [5, 5.41) is 0. The number of carbonyl (C=O) groups excluding carboxylic acids is 2. The Morgan fingerprint density at radius 1 is 1.11 bits per heavy atom. The minimum absolute atomic E-state index is 0.197. The summed E-state index contributed by atoms with van der Waals surface area (Å²) in [6.07, 6.45) is 0.567. The lowest BCUT2D eigenvalue weighted by atomic mass is 9.82. The van der Waals surface area contributed by atoms with Crippen molar-refractivity contribution in [1.29, 1.82) is 0 Å². The molecule has 5 heteroatoms. The molecule has 106 valence electrons. The molecule has 0 aromatic carbocycles. The molecule has 0 bridgehead atoms. The minimum atomic E-state index is -1.30. The van der Waals surface area contributed by atoms with Gasteiger partial charge >= 0.3 is 11.9 Å². The summed E-state index contributed by atoms with van der Waals surface area (Å²) in [6, 6.07) is 0. The highest BCUT2D eigenvalue weighted by Gasteiger charge is 2.45. The topological polar surface area (TPSA) is 52.6 Å². The fraction of sp³-hybridized carbons (Fsp3) is 0.846. The molecule has 0 radical (unpaired) electrons. The molecule has 0 amide bonds.